The number of likely N-dealkylation sites (tertiary alicyclic amines) is 4. The number of β-amino-alcohol motifs (C(OH)–C–C–N with tert-alkyl or cyclic N) is 1. The lowest BCUT2D eigenvalue weighted by atomic mass is 9.91. The van der Waals surface area contributed by atoms with Crippen LogP contribution in [0.5, 0.6) is 0 Å². The number of nitrogens with one attached hydrogen (secondary N) is 2. The Morgan fingerprint density at radius 3 is 1.04 bits per heavy atom. The second-order valence-electron chi connectivity index (χ2n) is 29.8. The smallest absolute Gasteiger partial charge is 0.332 e. The minimum absolute atomic E-state index is 0.00158. The molecule has 4 aliphatic rings. The van der Waals surface area contributed by atoms with Gasteiger partial charge in [0, 0.05) is 132 Å². The van der Waals surface area contributed by atoms with Gasteiger partial charge in [0.15, 0.2) is 67.7 Å². The van der Waals surface area contributed by atoms with E-state index in [9.17, 15) is 62.6 Å². The van der Waals surface area contributed by atoms with Crippen molar-refractivity contribution in [2.45, 2.75) is 83.6 Å². The highest BCUT2D eigenvalue weighted by Gasteiger charge is 2.32. The van der Waals surface area contributed by atoms with E-state index in [0.29, 0.717) is 120 Å². The molecule has 1 atom stereocenters. The Balaban J connectivity index is 0.000000133. The van der Waals surface area contributed by atoms with Crippen molar-refractivity contribution in [3.05, 3.63) is 199 Å². The highest BCUT2D eigenvalue weighted by atomic mass is 16.3. The van der Waals surface area contributed by atoms with E-state index in [1.807, 2.05) is 16.7 Å². The lowest BCUT2D eigenvalue weighted by molar-refractivity contribution is 0.0667. The molecule has 16 rings (SSSR count). The number of nitrogens with zero attached hydrogens (tertiary/aromatic N) is 21. The molecule has 604 valence electrons. The molecule has 0 amide bonds. The van der Waals surface area contributed by atoms with Crippen molar-refractivity contribution in [1.82, 2.24) is 109 Å². The summed E-state index contributed by atoms with van der Waals surface area (Å²) in [6.07, 6.45) is 19.8. The minimum Gasteiger partial charge on any atom is -0.461 e. The minimum atomic E-state index is -0.721. The highest BCUT2D eigenvalue weighted by Crippen LogP contribution is 2.27. The average molecular weight is 1570 g/mol. The Hall–Kier alpha value is -11.9. The van der Waals surface area contributed by atoms with Gasteiger partial charge in [-0.05, 0) is 140 Å². The molecular formula is C76H95N23O15. The Morgan fingerprint density at radius 2 is 0.719 bits per heavy atom. The van der Waals surface area contributed by atoms with E-state index in [0.717, 1.165) is 116 Å². The summed E-state index contributed by atoms with van der Waals surface area (Å²) in [5.74, 6) is 1.28. The number of rotatable bonds is 21. The number of H-pyrrole nitrogens is 2. The molecule has 16 heterocycles. The Bertz CT molecular complexity index is 5530. The fourth-order valence-corrected chi connectivity index (χ4v) is 15.8. The van der Waals surface area contributed by atoms with Gasteiger partial charge in [0.25, 0.3) is 22.2 Å². The number of carbonyl (C=O) groups is 4. The van der Waals surface area contributed by atoms with Crippen LogP contribution in [0.3, 0.4) is 0 Å². The zero-order valence-corrected chi connectivity index (χ0v) is 65.1. The van der Waals surface area contributed by atoms with Gasteiger partial charge in [-0.15, -0.1) is 0 Å². The number of aromatic amines is 2. The number of carbonyl (C=O) groups excluding carboxylic acids is 4. The predicted octanol–water partition coefficient (Wildman–Crippen LogP) is 0.712. The Kier molecular flexibility index (Phi) is 24.4. The quantitative estimate of drug-likeness (QED) is 0.0834. The van der Waals surface area contributed by atoms with Crippen molar-refractivity contribution in [3.63, 3.8) is 0 Å². The summed E-state index contributed by atoms with van der Waals surface area (Å²) < 4.78 is 27.3. The summed E-state index contributed by atoms with van der Waals surface area (Å²) in [5, 5.41) is 10.6. The predicted molar refractivity (Wildman–Crippen MR) is 418 cm³/mol. The summed E-state index contributed by atoms with van der Waals surface area (Å²) in [4.78, 5) is 184. The van der Waals surface area contributed by atoms with Gasteiger partial charge in [-0.25, -0.2) is 44.1 Å². The van der Waals surface area contributed by atoms with Crippen LogP contribution in [0.1, 0.15) is 93.5 Å². The largest absolute Gasteiger partial charge is 0.461 e. The highest BCUT2D eigenvalue weighted by molar-refractivity contribution is 5.97. The van der Waals surface area contributed by atoms with Crippen LogP contribution in [0.15, 0.2) is 140 Å². The summed E-state index contributed by atoms with van der Waals surface area (Å²) >= 11 is 0. The Labute approximate surface area is 649 Å². The van der Waals surface area contributed by atoms with Crippen molar-refractivity contribution in [1.29, 1.82) is 0 Å². The van der Waals surface area contributed by atoms with Crippen LogP contribution in [-0.2, 0) is 82.6 Å². The molecule has 0 aliphatic carbocycles. The maximum absolute atomic E-state index is 12.5. The normalized spacial score (nSPS) is 16.3. The SMILES string of the molecule is Cn1c(=O)c2c(ncn2CC(O)CN2CCC(C(=O)c3ccco3)CC2)n(C)c1=O.Cn1c(=O)c2c(ncn2CCN2CCC(C(=O)c3ccc[nH]3)CC2)n(C)c1=O.Cn1c(=O)c2c(ncn2CCN2CCC(C(=O)c3ccco3)CC2)n(C)c1=O.Cn1c(=O)c2c(ncn2CCN2CCC(C(=O)c3cnc[nH]3)CC2)n(C)c1=O. The van der Waals surface area contributed by atoms with Crippen LogP contribution in [0.25, 0.3) is 44.7 Å². The fourth-order valence-electron chi connectivity index (χ4n) is 15.8. The monoisotopic (exact) mass is 1570 g/mol. The number of aromatic nitrogens is 19. The molecule has 114 heavy (non-hydrogen) atoms. The molecule has 4 aliphatic heterocycles. The number of aryl methyl sites for hydroxylation is 4. The van der Waals surface area contributed by atoms with E-state index in [2.05, 4.69) is 54.5 Å². The van der Waals surface area contributed by atoms with E-state index in [1.54, 1.807) is 97.5 Å². The number of hydrogen-bond donors (Lipinski definition) is 3. The third kappa shape index (κ3) is 16.6. The molecule has 3 N–H and O–H groups in total. The number of piperidine rings is 4. The molecule has 4 saturated heterocycles. The van der Waals surface area contributed by atoms with Gasteiger partial charge in [-0.3, -0.25) is 74.9 Å². The number of aliphatic hydroxyl groups excluding tert-OH is 1. The molecular weight excluding hydrogens is 1470 g/mol. The molecule has 38 heteroatoms. The summed E-state index contributed by atoms with van der Waals surface area (Å²) in [5.41, 5.74) is 1.36. The van der Waals surface area contributed by atoms with Gasteiger partial charge < -0.3 is 61.8 Å². The first-order valence-electron chi connectivity index (χ1n) is 38.1. The topological polar surface area (TPSA) is 420 Å². The molecule has 0 spiro atoms. The van der Waals surface area contributed by atoms with Gasteiger partial charge in [-0.2, -0.15) is 0 Å². The summed E-state index contributed by atoms with van der Waals surface area (Å²) in [7, 11) is 12.3. The van der Waals surface area contributed by atoms with E-state index in [4.69, 9.17) is 8.83 Å². The van der Waals surface area contributed by atoms with Gasteiger partial charge in [0.2, 0.25) is 11.6 Å². The van der Waals surface area contributed by atoms with E-state index >= 15 is 0 Å². The van der Waals surface area contributed by atoms with E-state index < -0.39 is 17.4 Å². The number of ketones is 4. The van der Waals surface area contributed by atoms with Crippen LogP contribution in [0, 0.1) is 23.7 Å². The molecule has 1 unspecified atom stereocenters. The van der Waals surface area contributed by atoms with Gasteiger partial charge in [0.1, 0.15) is 5.69 Å². The number of fused-ring (bicyclic) bond motifs is 4. The van der Waals surface area contributed by atoms with Crippen LogP contribution in [-0.4, -0.2) is 222 Å². The van der Waals surface area contributed by atoms with Gasteiger partial charge in [0.05, 0.1) is 68.7 Å². The molecule has 0 saturated carbocycles. The standard InChI is InChI=1S/C20H25N5O5.C19H24N6O3.C19H23N5O4.C18H23N7O3/c1-22-18-16(19(28)23(2)20(22)29)25(12-21-18)11-14(26)10-24-7-5-13(6-8-24)17(27)15-4-3-9-30-15;1-22-17-15(18(27)23(2)19(22)28)25(12-21-17)11-10-24-8-5-13(6-9-24)16(26)14-4-3-7-20-14;1-21-17-15(18(26)22(2)19(21)27)24(12-20-17)10-9-23-7-5-13(6-8-23)16(25)14-4-3-11-28-14;1-22-16-14(17(27)23(2)18(22)28)25(11-21-16)8-7-24-5-3-12(4-6-24)15(26)13-9-19-10-20-13/h3-4,9,12-14,26H,5-8,10-11H2,1-2H3;3-4,7,12-13,20H,5-6,8-11H2,1-2H3;3-4,11-13H,5-10H2,1-2H3;9-12H,3-8H2,1-2H3,(H,19,20). The number of aliphatic hydroxyl groups is 1. The number of Topliss-reactive ketones (excluding diaryl/α,β-unsaturated/α-hetero) is 4. The fraction of sp³-hybridized carbons (Fsp3) is 0.487. The van der Waals surface area contributed by atoms with Crippen molar-refractivity contribution >= 4 is 67.8 Å². The van der Waals surface area contributed by atoms with Crippen LogP contribution < -0.4 is 45.0 Å². The van der Waals surface area contributed by atoms with Crippen LogP contribution in [0.2, 0.25) is 0 Å². The maximum atomic E-state index is 12.5. The second-order valence-corrected chi connectivity index (χ2v) is 29.8. The van der Waals surface area contributed by atoms with Gasteiger partial charge in [-0.1, -0.05) is 0 Å². The first kappa shape index (κ1) is 80.2. The van der Waals surface area contributed by atoms with Crippen LogP contribution >= 0.6 is 0 Å². The summed E-state index contributed by atoms with van der Waals surface area (Å²) in [6, 6.07) is 10.5. The Morgan fingerprint density at radius 1 is 0.395 bits per heavy atom. The lowest BCUT2D eigenvalue weighted by Gasteiger charge is -2.32. The molecule has 12 aromatic rings. The number of furan rings is 2. The number of hydrogen-bond acceptors (Lipinski definition) is 24. The molecule has 0 bridgehead atoms. The van der Waals surface area contributed by atoms with E-state index in [1.165, 1.54) is 71.6 Å². The third-order valence-electron chi connectivity index (χ3n) is 22.7. The van der Waals surface area contributed by atoms with Gasteiger partial charge >= 0.3 is 22.8 Å². The van der Waals surface area contributed by atoms with Crippen LogP contribution in [0.4, 0.5) is 0 Å². The van der Waals surface area contributed by atoms with E-state index in [-0.39, 0.29) is 87.1 Å². The second kappa shape index (κ2) is 34.6. The first-order chi connectivity index (χ1) is 54.8. The van der Waals surface area contributed by atoms with Crippen molar-refractivity contribution in [2.75, 3.05) is 78.5 Å². The molecule has 0 radical (unpaired) electrons. The maximum Gasteiger partial charge on any atom is 0.332 e. The molecule has 38 nitrogen and oxygen atoms in total. The summed E-state index contributed by atoms with van der Waals surface area (Å²) in [6.45, 7) is 11.1. The molecule has 0 aromatic carbocycles. The molecule has 4 fully saturated rings. The van der Waals surface area contributed by atoms with Crippen molar-refractivity contribution in [3.8, 4) is 0 Å². The lowest BCUT2D eigenvalue weighted by Crippen LogP contribution is -2.42. The number of imidazole rings is 5. The van der Waals surface area contributed by atoms with Crippen molar-refractivity contribution < 1.29 is 33.1 Å². The third-order valence-corrected chi connectivity index (χ3v) is 22.7. The van der Waals surface area contributed by atoms with Crippen molar-refractivity contribution in [2.24, 2.45) is 80.1 Å². The zero-order valence-electron chi connectivity index (χ0n) is 65.1. The average Bonchev–Trinajstić information content (AvgIpc) is 1.69. The zero-order chi connectivity index (χ0) is 80.9. The molecule has 12 aromatic heterocycles. The first-order valence-corrected chi connectivity index (χ1v) is 38.1.